The molecule has 6 heteroatoms. The number of ether oxygens (including phenoxy) is 2. The Bertz CT molecular complexity index is 584. The van der Waals surface area contributed by atoms with E-state index in [1.807, 2.05) is 45.0 Å². The fourth-order valence-corrected chi connectivity index (χ4v) is 2.74. The van der Waals surface area contributed by atoms with E-state index >= 15 is 0 Å². The maximum absolute atomic E-state index is 12.3. The van der Waals surface area contributed by atoms with E-state index < -0.39 is 5.60 Å². The van der Waals surface area contributed by atoms with Crippen LogP contribution < -0.4 is 10.1 Å². The van der Waals surface area contributed by atoms with Gasteiger partial charge < -0.3 is 19.7 Å². The summed E-state index contributed by atoms with van der Waals surface area (Å²) in [6.07, 6.45) is 1.29. The van der Waals surface area contributed by atoms with E-state index in [1.54, 1.807) is 12.0 Å². The third-order valence-electron chi connectivity index (χ3n) is 4.13. The van der Waals surface area contributed by atoms with E-state index in [0.29, 0.717) is 32.5 Å². The van der Waals surface area contributed by atoms with Gasteiger partial charge >= 0.3 is 12.0 Å². The third-order valence-corrected chi connectivity index (χ3v) is 4.13. The quantitative estimate of drug-likeness (QED) is 0.850. The first-order valence-corrected chi connectivity index (χ1v) is 8.67. The van der Waals surface area contributed by atoms with E-state index in [-0.39, 0.29) is 17.9 Å². The molecule has 138 valence electrons. The molecule has 0 aromatic heterocycles. The Morgan fingerprint density at radius 2 is 1.76 bits per heavy atom. The number of methoxy groups -OCH3 is 1. The number of nitrogens with zero attached hydrogens (tertiary/aromatic N) is 1. The van der Waals surface area contributed by atoms with Gasteiger partial charge in [-0.1, -0.05) is 12.1 Å². The lowest BCUT2D eigenvalue weighted by atomic mass is 9.97. The Labute approximate surface area is 149 Å². The zero-order chi connectivity index (χ0) is 18.4. The molecule has 0 unspecified atom stereocenters. The molecule has 1 saturated heterocycles. The smallest absolute Gasteiger partial charge is 0.317 e. The predicted molar refractivity (Wildman–Crippen MR) is 95.4 cm³/mol. The van der Waals surface area contributed by atoms with Crippen molar-refractivity contribution in [1.29, 1.82) is 0 Å². The molecule has 1 aromatic rings. The zero-order valence-corrected chi connectivity index (χ0v) is 15.5. The predicted octanol–water partition coefficient (Wildman–Crippen LogP) is 2.96. The second-order valence-electron chi connectivity index (χ2n) is 7.30. The number of piperidine rings is 1. The molecule has 0 radical (unpaired) electrons. The highest BCUT2D eigenvalue weighted by molar-refractivity contribution is 5.76. The van der Waals surface area contributed by atoms with Gasteiger partial charge in [-0.05, 0) is 51.3 Å². The minimum atomic E-state index is -0.468. The normalized spacial score (nSPS) is 15.6. The molecule has 0 aliphatic carbocycles. The van der Waals surface area contributed by atoms with Crippen LogP contribution in [0.1, 0.15) is 39.2 Å². The maximum Gasteiger partial charge on any atom is 0.317 e. The molecule has 1 aliphatic heterocycles. The van der Waals surface area contributed by atoms with Crippen LogP contribution in [-0.2, 0) is 16.1 Å². The highest BCUT2D eigenvalue weighted by atomic mass is 16.6. The van der Waals surface area contributed by atoms with Gasteiger partial charge in [-0.15, -0.1) is 0 Å². The molecule has 6 nitrogen and oxygen atoms in total. The lowest BCUT2D eigenvalue weighted by Crippen LogP contribution is -2.45. The van der Waals surface area contributed by atoms with Gasteiger partial charge in [-0.3, -0.25) is 4.79 Å². The number of amides is 2. The van der Waals surface area contributed by atoms with Gasteiger partial charge in [-0.25, -0.2) is 4.79 Å². The number of carbonyl (C=O) groups is 2. The van der Waals surface area contributed by atoms with Crippen molar-refractivity contribution in [3.05, 3.63) is 29.8 Å². The van der Waals surface area contributed by atoms with Crippen LogP contribution in [0.15, 0.2) is 24.3 Å². The van der Waals surface area contributed by atoms with Crippen LogP contribution in [0.4, 0.5) is 4.79 Å². The Kier molecular flexibility index (Phi) is 6.28. The zero-order valence-electron chi connectivity index (χ0n) is 15.5. The number of likely N-dealkylation sites (tertiary alicyclic amines) is 1. The van der Waals surface area contributed by atoms with Crippen molar-refractivity contribution in [1.82, 2.24) is 10.2 Å². The molecule has 0 saturated carbocycles. The average Bonchev–Trinajstić information content (AvgIpc) is 2.58. The minimum Gasteiger partial charge on any atom is -0.497 e. The summed E-state index contributed by atoms with van der Waals surface area (Å²) in [5.41, 5.74) is 0.544. The number of carbonyl (C=O) groups excluding carboxylic acids is 2. The van der Waals surface area contributed by atoms with Gasteiger partial charge in [0, 0.05) is 19.6 Å². The van der Waals surface area contributed by atoms with Crippen LogP contribution in [-0.4, -0.2) is 42.7 Å². The molecular formula is C19H28N2O4. The molecule has 2 rings (SSSR count). The fourth-order valence-electron chi connectivity index (χ4n) is 2.74. The fraction of sp³-hybridized carbons (Fsp3) is 0.579. The van der Waals surface area contributed by atoms with Crippen molar-refractivity contribution in [2.45, 2.75) is 45.8 Å². The molecule has 1 fully saturated rings. The number of hydrogen-bond donors (Lipinski definition) is 1. The third kappa shape index (κ3) is 5.96. The lowest BCUT2D eigenvalue weighted by Gasteiger charge is -2.32. The highest BCUT2D eigenvalue weighted by Gasteiger charge is 2.30. The van der Waals surface area contributed by atoms with Crippen molar-refractivity contribution < 1.29 is 19.1 Å². The molecule has 1 aromatic carbocycles. The summed E-state index contributed by atoms with van der Waals surface area (Å²) in [4.78, 5) is 26.1. The van der Waals surface area contributed by atoms with E-state index in [9.17, 15) is 9.59 Å². The number of nitrogens with one attached hydrogen (secondary N) is 1. The molecule has 1 aliphatic rings. The molecule has 2 amide bonds. The van der Waals surface area contributed by atoms with Crippen LogP contribution in [0.3, 0.4) is 0 Å². The number of hydrogen-bond acceptors (Lipinski definition) is 4. The molecule has 25 heavy (non-hydrogen) atoms. The topological polar surface area (TPSA) is 67.9 Å². The maximum atomic E-state index is 12.3. The van der Waals surface area contributed by atoms with Crippen molar-refractivity contribution in [3.63, 3.8) is 0 Å². The molecule has 0 atom stereocenters. The van der Waals surface area contributed by atoms with Crippen LogP contribution in [0.2, 0.25) is 0 Å². The lowest BCUT2D eigenvalue weighted by molar-refractivity contribution is -0.161. The van der Waals surface area contributed by atoms with Crippen LogP contribution in [0, 0.1) is 5.92 Å². The van der Waals surface area contributed by atoms with Crippen molar-refractivity contribution in [3.8, 4) is 5.75 Å². The van der Waals surface area contributed by atoms with Crippen molar-refractivity contribution >= 4 is 12.0 Å². The summed E-state index contributed by atoms with van der Waals surface area (Å²) in [7, 11) is 1.62. The van der Waals surface area contributed by atoms with Crippen LogP contribution >= 0.6 is 0 Å². The van der Waals surface area contributed by atoms with Crippen molar-refractivity contribution in [2.24, 2.45) is 5.92 Å². The van der Waals surface area contributed by atoms with Gasteiger partial charge in [0.15, 0.2) is 0 Å². The van der Waals surface area contributed by atoms with Gasteiger partial charge in [0.2, 0.25) is 0 Å². The summed E-state index contributed by atoms with van der Waals surface area (Å²) < 4.78 is 10.5. The second-order valence-corrected chi connectivity index (χ2v) is 7.30. The Morgan fingerprint density at radius 1 is 1.16 bits per heavy atom. The standard InChI is InChI=1S/C19H28N2O4/c1-19(2,3)25-17(22)15-9-11-21(12-10-15)18(23)20-13-14-5-7-16(24-4)8-6-14/h5-8,15H,9-13H2,1-4H3,(H,20,23). The van der Waals surface area contributed by atoms with Gasteiger partial charge in [0.25, 0.3) is 0 Å². The first-order chi connectivity index (χ1) is 11.8. The van der Waals surface area contributed by atoms with Gasteiger partial charge in [-0.2, -0.15) is 0 Å². The van der Waals surface area contributed by atoms with Gasteiger partial charge in [0.05, 0.1) is 13.0 Å². The van der Waals surface area contributed by atoms with Crippen LogP contribution in [0.25, 0.3) is 0 Å². The van der Waals surface area contributed by atoms with E-state index in [0.717, 1.165) is 11.3 Å². The molecule has 0 bridgehead atoms. The summed E-state index contributed by atoms with van der Waals surface area (Å²) in [5, 5.41) is 2.92. The Hall–Kier alpha value is -2.24. The first-order valence-electron chi connectivity index (χ1n) is 8.67. The Balaban J connectivity index is 1.76. The molecular weight excluding hydrogens is 320 g/mol. The summed E-state index contributed by atoms with van der Waals surface area (Å²) in [6.45, 7) is 7.21. The monoisotopic (exact) mass is 348 g/mol. The molecule has 1 heterocycles. The number of benzene rings is 1. The second kappa shape index (κ2) is 8.23. The van der Waals surface area contributed by atoms with E-state index in [1.165, 1.54) is 0 Å². The molecule has 1 N–H and O–H groups in total. The minimum absolute atomic E-state index is 0.0987. The SMILES string of the molecule is COc1ccc(CNC(=O)N2CCC(C(=O)OC(C)(C)C)CC2)cc1. The largest absolute Gasteiger partial charge is 0.497 e. The first kappa shape index (κ1) is 19.1. The van der Waals surface area contributed by atoms with Gasteiger partial charge in [0.1, 0.15) is 11.4 Å². The summed E-state index contributed by atoms with van der Waals surface area (Å²) in [6, 6.07) is 7.49. The summed E-state index contributed by atoms with van der Waals surface area (Å²) in [5.74, 6) is 0.509. The van der Waals surface area contributed by atoms with E-state index in [2.05, 4.69) is 5.32 Å². The number of urea groups is 1. The van der Waals surface area contributed by atoms with Crippen molar-refractivity contribution in [2.75, 3.05) is 20.2 Å². The number of esters is 1. The Morgan fingerprint density at radius 3 is 2.28 bits per heavy atom. The average molecular weight is 348 g/mol. The van der Waals surface area contributed by atoms with Crippen LogP contribution in [0.5, 0.6) is 5.75 Å². The van der Waals surface area contributed by atoms with E-state index in [4.69, 9.17) is 9.47 Å². The number of rotatable bonds is 4. The summed E-state index contributed by atoms with van der Waals surface area (Å²) >= 11 is 0. The highest BCUT2D eigenvalue weighted by Crippen LogP contribution is 2.21. The molecule has 0 spiro atoms.